The van der Waals surface area contributed by atoms with Crippen molar-refractivity contribution in [2.75, 3.05) is 20.8 Å². The largest absolute Gasteiger partial charge is 0.497 e. The van der Waals surface area contributed by atoms with Crippen molar-refractivity contribution in [2.45, 2.75) is 32.7 Å². The smallest absolute Gasteiger partial charge is 0.323 e. The number of amides is 1. The number of carbonyl (C=O) groups is 2. The Kier molecular flexibility index (Phi) is 7.16. The van der Waals surface area contributed by atoms with Crippen LogP contribution in [-0.2, 0) is 22.6 Å². The molecule has 1 aromatic heterocycles. The Balaban J connectivity index is 2.03. The number of carboxylic acid groups (broad SMARTS) is 1. The number of rotatable bonds is 10. The van der Waals surface area contributed by atoms with Crippen molar-refractivity contribution in [1.82, 2.24) is 15.0 Å². The molecule has 1 heterocycles. The van der Waals surface area contributed by atoms with Gasteiger partial charge in [-0.2, -0.15) is 4.98 Å². The number of nitrogens with zero attached hydrogens (tertiary/aromatic N) is 3. The molecular formula is C18H23N3O6. The lowest BCUT2D eigenvalue weighted by molar-refractivity contribution is -0.145. The van der Waals surface area contributed by atoms with Crippen molar-refractivity contribution < 1.29 is 28.7 Å². The first-order valence-corrected chi connectivity index (χ1v) is 8.42. The monoisotopic (exact) mass is 377 g/mol. The van der Waals surface area contributed by atoms with E-state index in [0.29, 0.717) is 41.6 Å². The Labute approximate surface area is 156 Å². The fourth-order valence-electron chi connectivity index (χ4n) is 2.56. The van der Waals surface area contributed by atoms with Gasteiger partial charge < -0.3 is 24.0 Å². The Hall–Kier alpha value is -3.10. The predicted molar refractivity (Wildman–Crippen MR) is 94.6 cm³/mol. The fraction of sp³-hybridized carbons (Fsp3) is 0.444. The molecule has 0 aliphatic heterocycles. The average molecular weight is 377 g/mol. The van der Waals surface area contributed by atoms with Gasteiger partial charge in [-0.25, -0.2) is 0 Å². The van der Waals surface area contributed by atoms with Crippen LogP contribution in [0.1, 0.15) is 30.1 Å². The standard InChI is InChI=1S/C18H23N3O6/c1-12-19-16(27-20-12)5-4-6-17(22)21(11-18(23)24)10-13-7-14(25-2)9-15(8-13)26-3/h7-9H,4-6,10-11H2,1-3H3,(H,23,24). The van der Waals surface area contributed by atoms with Crippen molar-refractivity contribution in [3.05, 3.63) is 35.5 Å². The second-order valence-electron chi connectivity index (χ2n) is 5.95. The number of aliphatic carboxylic acids is 1. The molecule has 1 amide bonds. The van der Waals surface area contributed by atoms with Crippen molar-refractivity contribution in [1.29, 1.82) is 0 Å². The molecule has 0 bridgehead atoms. The minimum atomic E-state index is -1.08. The molecule has 2 aromatic rings. The highest BCUT2D eigenvalue weighted by molar-refractivity contribution is 5.81. The Morgan fingerprint density at radius 2 is 1.85 bits per heavy atom. The Morgan fingerprint density at radius 3 is 2.37 bits per heavy atom. The third-order valence-electron chi connectivity index (χ3n) is 3.81. The van der Waals surface area contributed by atoms with Crippen LogP contribution in [0, 0.1) is 6.92 Å². The van der Waals surface area contributed by atoms with Crippen LogP contribution in [0.4, 0.5) is 0 Å². The highest BCUT2D eigenvalue weighted by atomic mass is 16.5. The Bertz CT molecular complexity index is 767. The van der Waals surface area contributed by atoms with Gasteiger partial charge in [-0.15, -0.1) is 0 Å². The normalized spacial score (nSPS) is 10.5. The topological polar surface area (TPSA) is 115 Å². The maximum atomic E-state index is 12.5. The van der Waals surface area contributed by atoms with Gasteiger partial charge in [0.15, 0.2) is 5.82 Å². The maximum absolute atomic E-state index is 12.5. The molecule has 0 saturated carbocycles. The molecule has 146 valence electrons. The van der Waals surface area contributed by atoms with E-state index in [2.05, 4.69) is 10.1 Å². The van der Waals surface area contributed by atoms with Crippen molar-refractivity contribution in [2.24, 2.45) is 0 Å². The predicted octanol–water partition coefficient (Wildman–Crippen LogP) is 1.83. The summed E-state index contributed by atoms with van der Waals surface area (Å²) >= 11 is 0. The SMILES string of the molecule is COc1cc(CN(CC(=O)O)C(=O)CCCc2nc(C)no2)cc(OC)c1. The van der Waals surface area contributed by atoms with E-state index < -0.39 is 12.5 Å². The van der Waals surface area contributed by atoms with E-state index >= 15 is 0 Å². The van der Waals surface area contributed by atoms with Crippen molar-refractivity contribution >= 4 is 11.9 Å². The number of hydrogen-bond donors (Lipinski definition) is 1. The lowest BCUT2D eigenvalue weighted by atomic mass is 10.1. The number of aryl methyl sites for hydroxylation is 2. The summed E-state index contributed by atoms with van der Waals surface area (Å²) in [4.78, 5) is 29.1. The number of benzene rings is 1. The minimum absolute atomic E-state index is 0.137. The first-order valence-electron chi connectivity index (χ1n) is 8.42. The Morgan fingerprint density at radius 1 is 1.19 bits per heavy atom. The minimum Gasteiger partial charge on any atom is -0.497 e. The zero-order chi connectivity index (χ0) is 19.8. The van der Waals surface area contributed by atoms with Gasteiger partial charge in [0.25, 0.3) is 0 Å². The lowest BCUT2D eigenvalue weighted by Crippen LogP contribution is -2.35. The highest BCUT2D eigenvalue weighted by Gasteiger charge is 2.18. The van der Waals surface area contributed by atoms with E-state index in [-0.39, 0.29) is 18.9 Å². The van der Waals surface area contributed by atoms with E-state index in [1.54, 1.807) is 25.1 Å². The van der Waals surface area contributed by atoms with Gasteiger partial charge in [0.1, 0.15) is 18.0 Å². The second-order valence-corrected chi connectivity index (χ2v) is 5.95. The zero-order valence-corrected chi connectivity index (χ0v) is 15.6. The van der Waals surface area contributed by atoms with Crippen LogP contribution >= 0.6 is 0 Å². The molecule has 0 unspecified atom stereocenters. The number of ether oxygens (including phenoxy) is 2. The molecule has 0 radical (unpaired) electrons. The summed E-state index contributed by atoms with van der Waals surface area (Å²) in [7, 11) is 3.05. The van der Waals surface area contributed by atoms with Crippen LogP contribution in [0.5, 0.6) is 11.5 Å². The van der Waals surface area contributed by atoms with Crippen LogP contribution in [0.2, 0.25) is 0 Å². The highest BCUT2D eigenvalue weighted by Crippen LogP contribution is 2.23. The molecule has 0 aliphatic carbocycles. The lowest BCUT2D eigenvalue weighted by Gasteiger charge is -2.21. The van der Waals surface area contributed by atoms with Gasteiger partial charge in [-0.05, 0) is 31.0 Å². The maximum Gasteiger partial charge on any atom is 0.323 e. The van der Waals surface area contributed by atoms with Crippen LogP contribution in [0.25, 0.3) is 0 Å². The van der Waals surface area contributed by atoms with Gasteiger partial charge in [-0.1, -0.05) is 5.16 Å². The summed E-state index contributed by atoms with van der Waals surface area (Å²) in [6.07, 6.45) is 1.12. The van der Waals surface area contributed by atoms with Crippen LogP contribution in [-0.4, -0.2) is 52.8 Å². The van der Waals surface area contributed by atoms with Crippen molar-refractivity contribution in [3.63, 3.8) is 0 Å². The number of methoxy groups -OCH3 is 2. The zero-order valence-electron chi connectivity index (χ0n) is 15.6. The summed E-state index contributed by atoms with van der Waals surface area (Å²) in [5, 5.41) is 12.8. The third-order valence-corrected chi connectivity index (χ3v) is 3.81. The van der Waals surface area contributed by atoms with Gasteiger partial charge in [-0.3, -0.25) is 9.59 Å². The number of carboxylic acids is 1. The van der Waals surface area contributed by atoms with Gasteiger partial charge in [0.05, 0.1) is 14.2 Å². The molecule has 0 aliphatic rings. The number of aromatic nitrogens is 2. The summed E-state index contributed by atoms with van der Waals surface area (Å²) in [5.74, 6) is 0.789. The molecule has 0 fully saturated rings. The summed E-state index contributed by atoms with van der Waals surface area (Å²) in [6, 6.07) is 5.19. The van der Waals surface area contributed by atoms with Crippen LogP contribution in [0.3, 0.4) is 0 Å². The van der Waals surface area contributed by atoms with E-state index in [9.17, 15) is 9.59 Å². The number of hydrogen-bond acceptors (Lipinski definition) is 7. The molecule has 0 atom stereocenters. The summed E-state index contributed by atoms with van der Waals surface area (Å²) in [5.41, 5.74) is 0.716. The first kappa shape index (κ1) is 20.2. The third kappa shape index (κ3) is 6.28. The van der Waals surface area contributed by atoms with Gasteiger partial charge in [0.2, 0.25) is 11.8 Å². The molecule has 0 saturated heterocycles. The van der Waals surface area contributed by atoms with Gasteiger partial charge >= 0.3 is 5.97 Å². The first-order chi connectivity index (χ1) is 12.9. The fourth-order valence-corrected chi connectivity index (χ4v) is 2.56. The molecule has 2 rings (SSSR count). The average Bonchev–Trinajstić information content (AvgIpc) is 3.05. The van der Waals surface area contributed by atoms with E-state index in [1.165, 1.54) is 19.1 Å². The molecule has 9 heteroatoms. The quantitative estimate of drug-likeness (QED) is 0.667. The number of carbonyl (C=O) groups excluding carboxylic acids is 1. The van der Waals surface area contributed by atoms with Crippen LogP contribution < -0.4 is 9.47 Å². The van der Waals surface area contributed by atoms with Crippen LogP contribution in [0.15, 0.2) is 22.7 Å². The molecule has 27 heavy (non-hydrogen) atoms. The molecular weight excluding hydrogens is 354 g/mol. The summed E-state index contributed by atoms with van der Waals surface area (Å²) < 4.78 is 15.4. The van der Waals surface area contributed by atoms with E-state index in [4.69, 9.17) is 19.1 Å². The molecule has 9 nitrogen and oxygen atoms in total. The molecule has 0 spiro atoms. The molecule has 1 N–H and O–H groups in total. The molecule has 1 aromatic carbocycles. The summed E-state index contributed by atoms with van der Waals surface area (Å²) in [6.45, 7) is 1.46. The van der Waals surface area contributed by atoms with Crippen molar-refractivity contribution in [3.8, 4) is 11.5 Å². The second kappa shape index (κ2) is 9.56. The van der Waals surface area contributed by atoms with E-state index in [1.807, 2.05) is 0 Å². The van der Waals surface area contributed by atoms with Gasteiger partial charge in [0, 0.05) is 25.5 Å². The van der Waals surface area contributed by atoms with E-state index in [0.717, 1.165) is 0 Å².